The van der Waals surface area contributed by atoms with Gasteiger partial charge in [0.25, 0.3) is 0 Å². The van der Waals surface area contributed by atoms with Gasteiger partial charge in [0.05, 0.1) is 23.4 Å². The molecule has 2 aliphatic rings. The summed E-state index contributed by atoms with van der Waals surface area (Å²) in [5, 5.41) is 3.45. The predicted octanol–water partition coefficient (Wildman–Crippen LogP) is 2.57. The Hall–Kier alpha value is -0.450. The number of morpholine rings is 1. The number of halogens is 1. The Morgan fingerprint density at radius 1 is 1.38 bits per heavy atom. The number of ether oxygens (including phenoxy) is 1. The zero-order valence-corrected chi connectivity index (χ0v) is 19.0. The van der Waals surface area contributed by atoms with Crippen LogP contribution >= 0.6 is 35.3 Å². The van der Waals surface area contributed by atoms with Crippen molar-refractivity contribution in [2.45, 2.75) is 45.8 Å². The summed E-state index contributed by atoms with van der Waals surface area (Å²) >= 11 is 1.78. The van der Waals surface area contributed by atoms with Crippen LogP contribution in [-0.4, -0.2) is 66.2 Å². The minimum Gasteiger partial charge on any atom is -0.375 e. The molecule has 1 aromatic heterocycles. The molecule has 0 saturated carbocycles. The molecule has 0 radical (unpaired) electrons. The van der Waals surface area contributed by atoms with E-state index >= 15 is 0 Å². The van der Waals surface area contributed by atoms with Crippen LogP contribution < -0.4 is 5.73 Å². The first kappa shape index (κ1) is 21.8. The molecule has 1 aromatic rings. The number of thiazole rings is 1. The summed E-state index contributed by atoms with van der Waals surface area (Å²) in [5.74, 6) is 1.34. The Balaban J connectivity index is 0.00000243. The lowest BCUT2D eigenvalue weighted by Gasteiger charge is -2.33. The predicted molar refractivity (Wildman–Crippen MR) is 118 cm³/mol. The van der Waals surface area contributed by atoms with Gasteiger partial charge in [0.1, 0.15) is 0 Å². The molecule has 3 rings (SSSR count). The van der Waals surface area contributed by atoms with E-state index < -0.39 is 0 Å². The highest BCUT2D eigenvalue weighted by atomic mass is 127. The standard InChI is InChI=1S/C18H31N5OS.HI/c1-3-17-21-16(13-25-17)12-22-6-4-15(5-7-22)10-20-18(19)23-8-9-24-14(2)11-23;/h13-15H,3-12H2,1-2H3,(H2,19,20);1H. The van der Waals surface area contributed by atoms with Gasteiger partial charge in [-0.05, 0) is 45.2 Å². The lowest BCUT2D eigenvalue weighted by atomic mass is 9.97. The van der Waals surface area contributed by atoms with Crippen LogP contribution in [0.2, 0.25) is 0 Å². The molecule has 6 nitrogen and oxygen atoms in total. The maximum absolute atomic E-state index is 6.18. The van der Waals surface area contributed by atoms with Gasteiger partial charge in [-0.25, -0.2) is 4.98 Å². The van der Waals surface area contributed by atoms with Crippen LogP contribution in [0.4, 0.5) is 0 Å². The highest BCUT2D eigenvalue weighted by Gasteiger charge is 2.21. The maximum Gasteiger partial charge on any atom is 0.191 e. The van der Waals surface area contributed by atoms with Gasteiger partial charge in [0.2, 0.25) is 0 Å². The van der Waals surface area contributed by atoms with E-state index in [0.717, 1.165) is 52.3 Å². The van der Waals surface area contributed by atoms with Gasteiger partial charge in [0.15, 0.2) is 5.96 Å². The Morgan fingerprint density at radius 3 is 2.81 bits per heavy atom. The number of aromatic nitrogens is 1. The average Bonchev–Trinajstić information content (AvgIpc) is 3.08. The van der Waals surface area contributed by atoms with Crippen LogP contribution in [0.25, 0.3) is 0 Å². The van der Waals surface area contributed by atoms with Crippen molar-refractivity contribution in [3.8, 4) is 0 Å². The summed E-state index contributed by atoms with van der Waals surface area (Å²) in [6.45, 7) is 10.8. The molecule has 0 bridgehead atoms. The number of rotatable bonds is 5. The van der Waals surface area contributed by atoms with Crippen molar-refractivity contribution < 1.29 is 4.74 Å². The van der Waals surface area contributed by atoms with Crippen molar-refractivity contribution in [3.05, 3.63) is 16.1 Å². The number of nitrogens with zero attached hydrogens (tertiary/aromatic N) is 4. The van der Waals surface area contributed by atoms with Crippen LogP contribution in [0.15, 0.2) is 10.4 Å². The molecular formula is C18H32IN5OS. The fourth-order valence-electron chi connectivity index (χ4n) is 3.49. The van der Waals surface area contributed by atoms with Gasteiger partial charge in [-0.2, -0.15) is 0 Å². The third kappa shape index (κ3) is 6.31. The Labute approximate surface area is 178 Å². The zero-order valence-electron chi connectivity index (χ0n) is 15.9. The molecule has 8 heteroatoms. The number of piperidine rings is 1. The highest BCUT2D eigenvalue weighted by molar-refractivity contribution is 14.0. The molecule has 26 heavy (non-hydrogen) atoms. The quantitative estimate of drug-likeness (QED) is 0.388. The Kier molecular flexibility index (Phi) is 9.05. The van der Waals surface area contributed by atoms with Crippen molar-refractivity contribution in [3.63, 3.8) is 0 Å². The topological polar surface area (TPSA) is 67.0 Å². The van der Waals surface area contributed by atoms with Gasteiger partial charge in [-0.1, -0.05) is 6.92 Å². The minimum absolute atomic E-state index is 0. The second-order valence-corrected chi connectivity index (χ2v) is 8.07. The van der Waals surface area contributed by atoms with E-state index in [9.17, 15) is 0 Å². The third-order valence-corrected chi connectivity index (χ3v) is 6.11. The molecule has 0 aromatic carbocycles. The largest absolute Gasteiger partial charge is 0.375 e. The van der Waals surface area contributed by atoms with Gasteiger partial charge >= 0.3 is 0 Å². The lowest BCUT2D eigenvalue weighted by Crippen LogP contribution is -2.48. The molecular weight excluding hydrogens is 461 g/mol. The second kappa shape index (κ2) is 10.8. The second-order valence-electron chi connectivity index (χ2n) is 7.13. The Morgan fingerprint density at radius 2 is 2.15 bits per heavy atom. The van der Waals surface area contributed by atoms with Crippen LogP contribution in [0.1, 0.15) is 37.4 Å². The van der Waals surface area contributed by atoms with E-state index in [0.29, 0.717) is 11.9 Å². The SMILES string of the molecule is CCc1nc(CN2CCC(CN=C(N)N3CCOC(C)C3)CC2)cs1.I. The van der Waals surface area contributed by atoms with Crippen LogP contribution in [-0.2, 0) is 17.7 Å². The van der Waals surface area contributed by atoms with Gasteiger partial charge in [0, 0.05) is 31.6 Å². The summed E-state index contributed by atoms with van der Waals surface area (Å²) < 4.78 is 5.56. The molecule has 2 fully saturated rings. The van der Waals surface area contributed by atoms with Gasteiger partial charge < -0.3 is 15.4 Å². The first-order valence-electron chi connectivity index (χ1n) is 9.46. The molecule has 2 aliphatic heterocycles. The number of nitrogens with two attached hydrogens (primary N) is 1. The molecule has 148 valence electrons. The van der Waals surface area contributed by atoms with E-state index in [1.807, 2.05) is 0 Å². The summed E-state index contributed by atoms with van der Waals surface area (Å²) in [4.78, 5) is 14.0. The Bertz CT molecular complexity index is 574. The lowest BCUT2D eigenvalue weighted by molar-refractivity contribution is 0.00525. The van der Waals surface area contributed by atoms with Crippen molar-refractivity contribution >= 4 is 41.3 Å². The maximum atomic E-state index is 6.18. The first-order chi connectivity index (χ1) is 12.1. The summed E-state index contributed by atoms with van der Waals surface area (Å²) in [6.07, 6.45) is 3.67. The molecule has 1 atom stereocenters. The van der Waals surface area contributed by atoms with E-state index in [-0.39, 0.29) is 30.1 Å². The van der Waals surface area contributed by atoms with Gasteiger partial charge in [-0.3, -0.25) is 9.89 Å². The summed E-state index contributed by atoms with van der Waals surface area (Å²) in [7, 11) is 0. The smallest absolute Gasteiger partial charge is 0.191 e. The summed E-state index contributed by atoms with van der Waals surface area (Å²) in [6, 6.07) is 0. The molecule has 0 aliphatic carbocycles. The number of hydrogen-bond acceptors (Lipinski definition) is 5. The number of guanidine groups is 1. The van der Waals surface area contributed by atoms with Crippen LogP contribution in [0, 0.1) is 5.92 Å². The van der Waals surface area contributed by atoms with Crippen molar-refractivity contribution in [1.82, 2.24) is 14.8 Å². The number of aliphatic imine (C=N–C) groups is 1. The van der Waals surface area contributed by atoms with E-state index in [2.05, 4.69) is 39.0 Å². The van der Waals surface area contributed by atoms with Crippen LogP contribution in [0.5, 0.6) is 0 Å². The molecule has 0 amide bonds. The number of likely N-dealkylation sites (tertiary alicyclic amines) is 1. The molecule has 3 heterocycles. The third-order valence-electron chi connectivity index (χ3n) is 5.07. The fraction of sp³-hybridized carbons (Fsp3) is 0.778. The van der Waals surface area contributed by atoms with E-state index in [1.54, 1.807) is 11.3 Å². The molecule has 1 unspecified atom stereocenters. The molecule has 0 spiro atoms. The van der Waals surface area contributed by atoms with E-state index in [4.69, 9.17) is 10.5 Å². The number of aryl methyl sites for hydroxylation is 1. The fourth-order valence-corrected chi connectivity index (χ4v) is 4.23. The molecule has 2 saturated heterocycles. The zero-order chi connectivity index (χ0) is 17.6. The monoisotopic (exact) mass is 493 g/mol. The first-order valence-corrected chi connectivity index (χ1v) is 10.3. The number of hydrogen-bond donors (Lipinski definition) is 1. The molecule has 2 N–H and O–H groups in total. The average molecular weight is 493 g/mol. The van der Waals surface area contributed by atoms with Crippen LogP contribution in [0.3, 0.4) is 0 Å². The van der Waals surface area contributed by atoms with Gasteiger partial charge in [-0.15, -0.1) is 35.3 Å². The highest BCUT2D eigenvalue weighted by Crippen LogP contribution is 2.20. The van der Waals surface area contributed by atoms with Crippen molar-refractivity contribution in [1.29, 1.82) is 0 Å². The van der Waals surface area contributed by atoms with E-state index in [1.165, 1.54) is 23.5 Å². The van der Waals surface area contributed by atoms with Crippen molar-refractivity contribution in [2.75, 3.05) is 39.3 Å². The normalized spacial score (nSPS) is 23.1. The van der Waals surface area contributed by atoms with Crippen molar-refractivity contribution in [2.24, 2.45) is 16.6 Å². The minimum atomic E-state index is 0. The summed E-state index contributed by atoms with van der Waals surface area (Å²) in [5.41, 5.74) is 7.40.